The van der Waals surface area contributed by atoms with Gasteiger partial charge in [0.05, 0.1) is 6.04 Å². The number of fused-ring (bicyclic) bond motifs is 3. The summed E-state index contributed by atoms with van der Waals surface area (Å²) in [6.45, 7) is 2.17. The number of nitrogens with one attached hydrogen (secondary N) is 1. The lowest BCUT2D eigenvalue weighted by molar-refractivity contribution is -0.130. The van der Waals surface area contributed by atoms with Crippen molar-refractivity contribution < 1.29 is 9.18 Å². The maximum atomic E-state index is 13.7. The van der Waals surface area contributed by atoms with Gasteiger partial charge in [-0.1, -0.05) is 12.1 Å². The molecule has 3 heterocycles. The lowest BCUT2D eigenvalue weighted by Gasteiger charge is -2.35. The molecule has 1 aliphatic rings. The van der Waals surface area contributed by atoms with Crippen molar-refractivity contribution in [1.82, 2.24) is 14.9 Å². The molecule has 3 aromatic rings. The zero-order chi connectivity index (χ0) is 16.0. The van der Waals surface area contributed by atoms with Gasteiger partial charge in [0.15, 0.2) is 0 Å². The number of halogens is 1. The number of rotatable bonds is 1. The minimum atomic E-state index is -0.304. The second-order valence-corrected chi connectivity index (χ2v) is 5.84. The highest BCUT2D eigenvalue weighted by molar-refractivity contribution is 5.83. The zero-order valence-electron chi connectivity index (χ0n) is 12.7. The quantitative estimate of drug-likeness (QED) is 0.750. The molecule has 0 bridgehead atoms. The number of benzene rings is 1. The van der Waals surface area contributed by atoms with Crippen LogP contribution in [0.2, 0.25) is 0 Å². The molecule has 0 aliphatic carbocycles. The first-order valence-electron chi connectivity index (χ1n) is 7.63. The zero-order valence-corrected chi connectivity index (χ0v) is 12.7. The van der Waals surface area contributed by atoms with Gasteiger partial charge < -0.3 is 9.88 Å². The van der Waals surface area contributed by atoms with Crippen molar-refractivity contribution in [3.8, 4) is 0 Å². The van der Waals surface area contributed by atoms with Gasteiger partial charge in [-0.2, -0.15) is 0 Å². The number of carbonyl (C=O) groups excluding carboxylic acids is 1. The second-order valence-electron chi connectivity index (χ2n) is 5.84. The fourth-order valence-electron chi connectivity index (χ4n) is 3.48. The Balaban J connectivity index is 1.95. The van der Waals surface area contributed by atoms with Crippen molar-refractivity contribution in [2.45, 2.75) is 19.4 Å². The van der Waals surface area contributed by atoms with Crippen LogP contribution in [0.25, 0.3) is 11.0 Å². The standard InChI is InChI=1S/C18H16FN3O/c1-11(23)22-9-7-14-15-6-3-8-20-18(15)21-16(14)17(22)12-4-2-5-13(19)10-12/h2-6,8,10,17H,7,9H2,1H3,(H,20,21). The number of H-pyrrole nitrogens is 1. The van der Waals surface area contributed by atoms with E-state index < -0.39 is 0 Å². The summed E-state index contributed by atoms with van der Waals surface area (Å²) in [4.78, 5) is 21.6. The molecular weight excluding hydrogens is 293 g/mol. The lowest BCUT2D eigenvalue weighted by Crippen LogP contribution is -2.39. The van der Waals surface area contributed by atoms with Crippen LogP contribution in [-0.4, -0.2) is 27.3 Å². The van der Waals surface area contributed by atoms with Gasteiger partial charge in [-0.25, -0.2) is 9.37 Å². The van der Waals surface area contributed by atoms with E-state index in [0.29, 0.717) is 6.54 Å². The van der Waals surface area contributed by atoms with Crippen molar-refractivity contribution in [3.05, 3.63) is 65.2 Å². The predicted molar refractivity (Wildman–Crippen MR) is 85.4 cm³/mol. The third-order valence-corrected chi connectivity index (χ3v) is 4.47. The van der Waals surface area contributed by atoms with Crippen molar-refractivity contribution in [2.24, 2.45) is 0 Å². The van der Waals surface area contributed by atoms with Crippen LogP contribution in [0.15, 0.2) is 42.6 Å². The molecule has 0 saturated carbocycles. The summed E-state index contributed by atoms with van der Waals surface area (Å²) in [5.74, 6) is -0.316. The van der Waals surface area contributed by atoms with Crippen LogP contribution in [0.4, 0.5) is 4.39 Å². The van der Waals surface area contributed by atoms with Gasteiger partial charge in [0.25, 0.3) is 0 Å². The first kappa shape index (κ1) is 13.9. The van der Waals surface area contributed by atoms with Gasteiger partial charge in [-0.05, 0) is 41.8 Å². The van der Waals surface area contributed by atoms with E-state index in [1.54, 1.807) is 24.1 Å². The summed E-state index contributed by atoms with van der Waals surface area (Å²) >= 11 is 0. The van der Waals surface area contributed by atoms with E-state index in [0.717, 1.165) is 28.7 Å². The summed E-state index contributed by atoms with van der Waals surface area (Å²) in [6.07, 6.45) is 2.51. The fraction of sp³-hybridized carbons (Fsp3) is 0.222. The van der Waals surface area contributed by atoms with Crippen LogP contribution in [-0.2, 0) is 11.2 Å². The highest BCUT2D eigenvalue weighted by Gasteiger charge is 2.33. The molecule has 1 aliphatic heterocycles. The minimum Gasteiger partial charge on any atom is -0.341 e. The molecule has 23 heavy (non-hydrogen) atoms. The Morgan fingerprint density at radius 3 is 3.00 bits per heavy atom. The van der Waals surface area contributed by atoms with E-state index in [4.69, 9.17) is 0 Å². The van der Waals surface area contributed by atoms with Crippen LogP contribution < -0.4 is 0 Å². The van der Waals surface area contributed by atoms with E-state index in [9.17, 15) is 9.18 Å². The Hall–Kier alpha value is -2.69. The monoisotopic (exact) mass is 309 g/mol. The average Bonchev–Trinajstić information content (AvgIpc) is 2.92. The van der Waals surface area contributed by atoms with Gasteiger partial charge in [0.1, 0.15) is 11.5 Å². The molecule has 0 spiro atoms. The lowest BCUT2D eigenvalue weighted by atomic mass is 9.92. The number of pyridine rings is 1. The van der Waals surface area contributed by atoms with Crippen molar-refractivity contribution >= 4 is 16.9 Å². The smallest absolute Gasteiger partial charge is 0.220 e. The Kier molecular flexibility index (Phi) is 3.15. The number of aromatic nitrogens is 2. The van der Waals surface area contributed by atoms with E-state index in [1.807, 2.05) is 18.2 Å². The van der Waals surface area contributed by atoms with Crippen LogP contribution >= 0.6 is 0 Å². The Labute approximate surface area is 133 Å². The first-order chi connectivity index (χ1) is 11.1. The molecule has 0 radical (unpaired) electrons. The summed E-state index contributed by atoms with van der Waals surface area (Å²) in [5.41, 5.74) is 3.68. The predicted octanol–water partition coefficient (Wildman–Crippen LogP) is 3.20. The molecule has 4 nitrogen and oxygen atoms in total. The summed E-state index contributed by atoms with van der Waals surface area (Å²) in [6, 6.07) is 10.1. The van der Waals surface area contributed by atoms with Gasteiger partial charge in [0.2, 0.25) is 5.91 Å². The topological polar surface area (TPSA) is 49.0 Å². The van der Waals surface area contributed by atoms with Crippen LogP contribution in [0.5, 0.6) is 0 Å². The van der Waals surface area contributed by atoms with Gasteiger partial charge in [0, 0.05) is 30.7 Å². The molecule has 5 heteroatoms. The number of amides is 1. The van der Waals surface area contributed by atoms with Gasteiger partial charge >= 0.3 is 0 Å². The van der Waals surface area contributed by atoms with Crippen molar-refractivity contribution in [1.29, 1.82) is 0 Å². The number of carbonyl (C=O) groups is 1. The second kappa shape index (κ2) is 5.19. The van der Waals surface area contributed by atoms with Crippen LogP contribution in [0.3, 0.4) is 0 Å². The summed E-state index contributed by atoms with van der Waals surface area (Å²) < 4.78 is 13.7. The molecule has 4 rings (SSSR count). The van der Waals surface area contributed by atoms with Gasteiger partial charge in [-0.3, -0.25) is 4.79 Å². The minimum absolute atomic E-state index is 0.0171. The highest BCUT2D eigenvalue weighted by atomic mass is 19.1. The molecule has 0 fully saturated rings. The third kappa shape index (κ3) is 2.20. The number of hydrogen-bond donors (Lipinski definition) is 1. The van der Waals surface area contributed by atoms with E-state index in [2.05, 4.69) is 9.97 Å². The average molecular weight is 309 g/mol. The maximum Gasteiger partial charge on any atom is 0.220 e. The van der Waals surface area contributed by atoms with Crippen molar-refractivity contribution in [2.75, 3.05) is 6.54 Å². The van der Waals surface area contributed by atoms with Crippen LogP contribution in [0, 0.1) is 5.82 Å². The molecule has 0 saturated heterocycles. The molecule has 1 unspecified atom stereocenters. The summed E-state index contributed by atoms with van der Waals surface area (Å²) in [5, 5.41) is 1.08. The number of hydrogen-bond acceptors (Lipinski definition) is 2. The molecule has 1 N–H and O–H groups in total. The van der Waals surface area contributed by atoms with Crippen molar-refractivity contribution in [3.63, 3.8) is 0 Å². The molecule has 1 atom stereocenters. The van der Waals surface area contributed by atoms with Crippen LogP contribution in [0.1, 0.15) is 29.8 Å². The van der Waals surface area contributed by atoms with Gasteiger partial charge in [-0.15, -0.1) is 0 Å². The highest BCUT2D eigenvalue weighted by Crippen LogP contribution is 2.37. The maximum absolute atomic E-state index is 13.7. The SMILES string of the molecule is CC(=O)N1CCc2c([nH]c3ncccc23)C1c1cccc(F)c1. The Morgan fingerprint density at radius 1 is 1.35 bits per heavy atom. The molecule has 1 amide bonds. The summed E-state index contributed by atoms with van der Waals surface area (Å²) in [7, 11) is 0. The van der Waals surface area contributed by atoms with E-state index in [-0.39, 0.29) is 17.8 Å². The van der Waals surface area contributed by atoms with E-state index in [1.165, 1.54) is 17.7 Å². The largest absolute Gasteiger partial charge is 0.341 e. The molecule has 1 aromatic carbocycles. The Morgan fingerprint density at radius 2 is 2.22 bits per heavy atom. The third-order valence-electron chi connectivity index (χ3n) is 4.47. The molecule has 2 aromatic heterocycles. The molecular formula is C18H16FN3O. The van der Waals surface area contributed by atoms with E-state index >= 15 is 0 Å². The molecule has 116 valence electrons. The normalized spacial score (nSPS) is 17.3. The fourth-order valence-corrected chi connectivity index (χ4v) is 3.48. The number of aromatic amines is 1. The first-order valence-corrected chi connectivity index (χ1v) is 7.63. The number of nitrogens with zero attached hydrogens (tertiary/aromatic N) is 2. The Bertz CT molecular complexity index is 902.